The maximum absolute atomic E-state index is 12.8. The Balaban J connectivity index is 1.22. The number of nitrogens with zero attached hydrogens (tertiary/aromatic N) is 3. The third-order valence-corrected chi connectivity index (χ3v) is 6.14. The van der Waals surface area contributed by atoms with Crippen molar-refractivity contribution in [1.82, 2.24) is 20.1 Å². The van der Waals surface area contributed by atoms with E-state index >= 15 is 0 Å². The number of anilines is 1. The number of hydrogen-bond acceptors (Lipinski definition) is 7. The molecule has 1 aromatic heterocycles. The number of morpholine rings is 1. The lowest BCUT2D eigenvalue weighted by molar-refractivity contribution is -0.139. The first-order valence-electron chi connectivity index (χ1n) is 11.2. The molecule has 1 saturated heterocycles. The number of aliphatic carboxylic acids is 1. The Bertz CT molecular complexity index is 1230. The summed E-state index contributed by atoms with van der Waals surface area (Å²) in [6.45, 7) is 0.769. The molecule has 11 nitrogen and oxygen atoms in total. The van der Waals surface area contributed by atoms with Gasteiger partial charge in [0.05, 0.1) is 25.7 Å². The molecule has 35 heavy (non-hydrogen) atoms. The molecule has 0 bridgehead atoms. The summed E-state index contributed by atoms with van der Waals surface area (Å²) < 4.78 is 10.8. The van der Waals surface area contributed by atoms with Crippen molar-refractivity contribution >= 4 is 23.9 Å². The fraction of sp³-hybridized carbons (Fsp3) is 0.292. The zero-order valence-corrected chi connectivity index (χ0v) is 18.6. The normalized spacial score (nSPS) is 16.9. The van der Waals surface area contributed by atoms with Crippen LogP contribution in [0.1, 0.15) is 34.1 Å². The van der Waals surface area contributed by atoms with E-state index in [9.17, 15) is 14.4 Å². The van der Waals surface area contributed by atoms with Crippen molar-refractivity contribution in [2.24, 2.45) is 0 Å². The second kappa shape index (κ2) is 9.55. The molecule has 180 valence electrons. The molecule has 0 saturated carbocycles. The monoisotopic (exact) mass is 477 g/mol. The van der Waals surface area contributed by atoms with Crippen LogP contribution in [0.4, 0.5) is 10.7 Å². The molecule has 2 heterocycles. The van der Waals surface area contributed by atoms with Gasteiger partial charge >= 0.3 is 12.1 Å². The molecule has 5 rings (SSSR count). The lowest BCUT2D eigenvalue weighted by atomic mass is 9.98. The van der Waals surface area contributed by atoms with Crippen LogP contribution in [0.3, 0.4) is 0 Å². The molecule has 2 aromatic carbocycles. The summed E-state index contributed by atoms with van der Waals surface area (Å²) in [6, 6.07) is 15.4. The van der Waals surface area contributed by atoms with Gasteiger partial charge in [0, 0.05) is 12.5 Å². The summed E-state index contributed by atoms with van der Waals surface area (Å²) in [5.41, 5.74) is 4.43. The predicted molar refractivity (Wildman–Crippen MR) is 123 cm³/mol. The number of aromatic nitrogens is 3. The topological polar surface area (TPSA) is 147 Å². The molecule has 1 aliphatic heterocycles. The summed E-state index contributed by atoms with van der Waals surface area (Å²) in [6.07, 6.45) is -0.995. The molecular weight excluding hydrogens is 454 g/mol. The average Bonchev–Trinajstić information content (AvgIpc) is 3.45. The summed E-state index contributed by atoms with van der Waals surface area (Å²) in [5.74, 6) is -1.88. The van der Waals surface area contributed by atoms with Gasteiger partial charge in [0.1, 0.15) is 6.61 Å². The fourth-order valence-electron chi connectivity index (χ4n) is 4.57. The fourth-order valence-corrected chi connectivity index (χ4v) is 4.57. The van der Waals surface area contributed by atoms with E-state index < -0.39 is 24.0 Å². The van der Waals surface area contributed by atoms with E-state index in [1.807, 2.05) is 36.4 Å². The molecule has 0 spiro atoms. The van der Waals surface area contributed by atoms with Crippen molar-refractivity contribution in [3.63, 3.8) is 0 Å². The van der Waals surface area contributed by atoms with E-state index in [0.717, 1.165) is 22.3 Å². The number of benzene rings is 2. The van der Waals surface area contributed by atoms with E-state index in [4.69, 9.17) is 14.6 Å². The number of carbonyl (C=O) groups excluding carboxylic acids is 2. The summed E-state index contributed by atoms with van der Waals surface area (Å²) in [7, 11) is 0. The number of amides is 2. The maximum atomic E-state index is 12.8. The van der Waals surface area contributed by atoms with Crippen LogP contribution in [0.25, 0.3) is 11.1 Å². The molecule has 1 unspecified atom stereocenters. The zero-order chi connectivity index (χ0) is 24.4. The highest BCUT2D eigenvalue weighted by molar-refractivity contribution is 5.92. The molecule has 3 N–H and O–H groups in total. The Kier molecular flexibility index (Phi) is 6.15. The lowest BCUT2D eigenvalue weighted by Gasteiger charge is -2.34. The summed E-state index contributed by atoms with van der Waals surface area (Å²) in [4.78, 5) is 41.8. The van der Waals surface area contributed by atoms with Crippen molar-refractivity contribution in [2.45, 2.75) is 18.4 Å². The molecule has 1 atom stereocenters. The second-order valence-corrected chi connectivity index (χ2v) is 8.28. The number of ether oxygens (including phenoxy) is 2. The highest BCUT2D eigenvalue weighted by Gasteiger charge is 2.32. The van der Waals surface area contributed by atoms with E-state index in [2.05, 4.69) is 32.6 Å². The molecule has 3 aromatic rings. The second-order valence-electron chi connectivity index (χ2n) is 8.28. The van der Waals surface area contributed by atoms with Crippen LogP contribution in [0, 0.1) is 0 Å². The number of carboxylic acids is 1. The van der Waals surface area contributed by atoms with Crippen LogP contribution in [0.2, 0.25) is 0 Å². The van der Waals surface area contributed by atoms with Crippen LogP contribution in [0.15, 0.2) is 48.5 Å². The zero-order valence-electron chi connectivity index (χ0n) is 18.6. The lowest BCUT2D eigenvalue weighted by Crippen LogP contribution is -2.49. The number of rotatable bonds is 6. The van der Waals surface area contributed by atoms with Gasteiger partial charge in [0.2, 0.25) is 5.82 Å². The van der Waals surface area contributed by atoms with Crippen molar-refractivity contribution in [3.05, 3.63) is 65.5 Å². The smallest absolute Gasteiger partial charge is 0.414 e. The molecule has 1 fully saturated rings. The van der Waals surface area contributed by atoms with E-state index in [-0.39, 0.29) is 43.9 Å². The first-order valence-corrected chi connectivity index (χ1v) is 11.2. The number of carbonyl (C=O) groups is 3. The summed E-state index contributed by atoms with van der Waals surface area (Å²) >= 11 is 0. The van der Waals surface area contributed by atoms with Crippen molar-refractivity contribution in [1.29, 1.82) is 0 Å². The third kappa shape index (κ3) is 4.58. The number of aromatic amines is 1. The first kappa shape index (κ1) is 22.5. The predicted octanol–water partition coefficient (Wildman–Crippen LogP) is 2.48. The minimum Gasteiger partial charge on any atom is -0.481 e. The molecule has 2 aliphatic rings. The third-order valence-electron chi connectivity index (χ3n) is 6.14. The minimum atomic E-state index is -1.03. The van der Waals surface area contributed by atoms with Crippen LogP contribution >= 0.6 is 0 Å². The molecule has 0 radical (unpaired) electrons. The summed E-state index contributed by atoms with van der Waals surface area (Å²) in [5, 5.41) is 17.9. The van der Waals surface area contributed by atoms with Gasteiger partial charge in [0.15, 0.2) is 0 Å². The molecule has 2 amide bonds. The molecular formula is C24H23N5O6. The quantitative estimate of drug-likeness (QED) is 0.491. The number of nitrogens with one attached hydrogen (secondary N) is 2. The Morgan fingerprint density at radius 1 is 1.11 bits per heavy atom. The van der Waals surface area contributed by atoms with Gasteiger partial charge in [-0.15, -0.1) is 5.10 Å². The number of H-pyrrole nitrogens is 1. The van der Waals surface area contributed by atoms with Crippen LogP contribution in [-0.4, -0.2) is 75.6 Å². The van der Waals surface area contributed by atoms with E-state index in [1.54, 1.807) is 0 Å². The van der Waals surface area contributed by atoms with Gasteiger partial charge in [-0.25, -0.2) is 4.79 Å². The van der Waals surface area contributed by atoms with Crippen LogP contribution in [0.5, 0.6) is 0 Å². The van der Waals surface area contributed by atoms with E-state index in [0.29, 0.717) is 6.61 Å². The van der Waals surface area contributed by atoms with Gasteiger partial charge in [-0.2, -0.15) is 4.98 Å². The highest BCUT2D eigenvalue weighted by atomic mass is 16.5. The number of fused-ring (bicyclic) bond motifs is 3. The number of hydrogen-bond donors (Lipinski definition) is 3. The Labute approximate surface area is 200 Å². The van der Waals surface area contributed by atoms with Crippen LogP contribution < -0.4 is 5.32 Å². The Hall–Kier alpha value is -4.25. The standard InChI is InChI=1S/C24H23N5O6/c30-20(31)11-14-12-34-10-9-29(14)22(32)21-25-23(28-27-21)26-24(33)35-13-19-17-7-3-1-5-15(17)16-6-2-4-8-18(16)19/h1-8,14,19H,9-13H2,(H,30,31)(H2,25,26,27,28,33). The van der Waals surface area contributed by atoms with Crippen molar-refractivity contribution < 1.29 is 29.0 Å². The maximum Gasteiger partial charge on any atom is 0.414 e. The number of carboxylic acid groups (broad SMARTS) is 1. The van der Waals surface area contributed by atoms with Crippen molar-refractivity contribution in [3.8, 4) is 11.1 Å². The van der Waals surface area contributed by atoms with E-state index in [1.165, 1.54) is 4.90 Å². The Morgan fingerprint density at radius 2 is 1.80 bits per heavy atom. The van der Waals surface area contributed by atoms with Crippen LogP contribution in [-0.2, 0) is 14.3 Å². The highest BCUT2D eigenvalue weighted by Crippen LogP contribution is 2.44. The average molecular weight is 477 g/mol. The van der Waals surface area contributed by atoms with Gasteiger partial charge in [-0.1, -0.05) is 48.5 Å². The molecule has 11 heteroatoms. The Morgan fingerprint density at radius 3 is 2.49 bits per heavy atom. The minimum absolute atomic E-state index is 0.0927. The van der Waals surface area contributed by atoms with Crippen molar-refractivity contribution in [2.75, 3.05) is 31.7 Å². The van der Waals surface area contributed by atoms with Gasteiger partial charge in [-0.05, 0) is 22.3 Å². The SMILES string of the molecule is O=C(O)CC1COCCN1C(=O)c1nc(NC(=O)OCC2c3ccccc3-c3ccccc32)n[nH]1. The first-order chi connectivity index (χ1) is 17.0. The largest absolute Gasteiger partial charge is 0.481 e. The van der Waals surface area contributed by atoms with Gasteiger partial charge in [0.25, 0.3) is 11.9 Å². The molecule has 1 aliphatic carbocycles. The van der Waals surface area contributed by atoms with Gasteiger partial charge < -0.3 is 19.5 Å². The van der Waals surface area contributed by atoms with Gasteiger partial charge in [-0.3, -0.25) is 20.0 Å².